The Hall–Kier alpha value is -0.940. The molecular formula is C23H36N2O3. The van der Waals surface area contributed by atoms with Crippen LogP contribution in [0.3, 0.4) is 0 Å². The van der Waals surface area contributed by atoms with Crippen LogP contribution in [0, 0.1) is 34.5 Å². The summed E-state index contributed by atoms with van der Waals surface area (Å²) in [6, 6.07) is 0. The molecule has 4 aliphatic carbocycles. The van der Waals surface area contributed by atoms with Gasteiger partial charge in [-0.1, -0.05) is 19.0 Å². The van der Waals surface area contributed by atoms with Crippen LogP contribution in [0.4, 0.5) is 0 Å². The lowest BCUT2D eigenvalue weighted by molar-refractivity contribution is -0.153. The van der Waals surface area contributed by atoms with Crippen molar-refractivity contribution in [3.05, 3.63) is 0 Å². The summed E-state index contributed by atoms with van der Waals surface area (Å²) in [7, 11) is 0. The second-order valence-electron chi connectivity index (χ2n) is 10.8. The molecule has 1 heterocycles. The molecule has 1 unspecified atom stereocenters. The fourth-order valence-electron chi connectivity index (χ4n) is 7.82. The number of ketones is 1. The van der Waals surface area contributed by atoms with E-state index in [-0.39, 0.29) is 29.0 Å². The fourth-order valence-corrected chi connectivity index (χ4v) is 7.82. The van der Waals surface area contributed by atoms with E-state index < -0.39 is 0 Å². The van der Waals surface area contributed by atoms with E-state index in [1.54, 1.807) is 0 Å². The third-order valence-corrected chi connectivity index (χ3v) is 9.57. The highest BCUT2D eigenvalue weighted by atomic mass is 16.6. The second kappa shape index (κ2) is 6.80. The number of carbonyl (C=O) groups excluding carboxylic acids is 1. The highest BCUT2D eigenvalue weighted by molar-refractivity contribution is 5.87. The summed E-state index contributed by atoms with van der Waals surface area (Å²) in [6.07, 6.45) is 8.80. The summed E-state index contributed by atoms with van der Waals surface area (Å²) < 4.78 is 0. The molecule has 5 rings (SSSR count). The van der Waals surface area contributed by atoms with Crippen molar-refractivity contribution in [3.63, 3.8) is 0 Å². The molecule has 0 aromatic carbocycles. The van der Waals surface area contributed by atoms with Crippen molar-refractivity contribution in [1.29, 1.82) is 0 Å². The number of carbonyl (C=O) groups is 1. The first-order valence-corrected chi connectivity index (χ1v) is 11.6. The monoisotopic (exact) mass is 388 g/mol. The van der Waals surface area contributed by atoms with Gasteiger partial charge in [0.15, 0.2) is 0 Å². The number of hydrogen-bond donors (Lipinski definition) is 2. The second-order valence-corrected chi connectivity index (χ2v) is 10.8. The molecule has 156 valence electrons. The van der Waals surface area contributed by atoms with Gasteiger partial charge in [-0.3, -0.25) is 4.79 Å². The predicted octanol–water partition coefficient (Wildman–Crippen LogP) is 3.30. The van der Waals surface area contributed by atoms with Crippen LogP contribution < -0.4 is 5.32 Å². The van der Waals surface area contributed by atoms with Crippen molar-refractivity contribution >= 4 is 11.5 Å². The van der Waals surface area contributed by atoms with Crippen LogP contribution in [0.15, 0.2) is 5.16 Å². The lowest BCUT2D eigenvalue weighted by Crippen LogP contribution is -2.57. The van der Waals surface area contributed by atoms with Gasteiger partial charge in [-0.05, 0) is 80.6 Å². The van der Waals surface area contributed by atoms with E-state index >= 15 is 0 Å². The molecular weight excluding hydrogens is 352 g/mol. The van der Waals surface area contributed by atoms with Crippen LogP contribution in [-0.4, -0.2) is 41.9 Å². The van der Waals surface area contributed by atoms with Crippen molar-refractivity contribution in [2.24, 2.45) is 39.7 Å². The topological polar surface area (TPSA) is 70.9 Å². The van der Waals surface area contributed by atoms with Crippen LogP contribution in [0.2, 0.25) is 0 Å². The number of nitrogens with zero attached hydrogens (tertiary/aromatic N) is 1. The molecule has 5 fully saturated rings. The Bertz CT molecular complexity index is 673. The Kier molecular flexibility index (Phi) is 4.63. The van der Waals surface area contributed by atoms with Crippen molar-refractivity contribution in [3.8, 4) is 0 Å². The molecule has 1 aliphatic heterocycles. The van der Waals surface area contributed by atoms with Crippen LogP contribution >= 0.6 is 0 Å². The number of aliphatic hydroxyl groups is 1. The van der Waals surface area contributed by atoms with Crippen LogP contribution in [0.25, 0.3) is 0 Å². The number of fused-ring (bicyclic) bond motifs is 5. The van der Waals surface area contributed by atoms with Crippen LogP contribution in [-0.2, 0) is 9.63 Å². The quantitative estimate of drug-likeness (QED) is 0.712. The maximum absolute atomic E-state index is 12.6. The molecule has 4 saturated carbocycles. The Morgan fingerprint density at radius 3 is 2.75 bits per heavy atom. The molecule has 2 N–H and O–H groups in total. The third kappa shape index (κ3) is 2.79. The van der Waals surface area contributed by atoms with Crippen molar-refractivity contribution in [2.75, 3.05) is 13.1 Å². The average molecular weight is 389 g/mol. The zero-order valence-corrected chi connectivity index (χ0v) is 17.5. The summed E-state index contributed by atoms with van der Waals surface area (Å²) >= 11 is 0. The van der Waals surface area contributed by atoms with Gasteiger partial charge < -0.3 is 15.3 Å². The molecule has 0 aromatic heterocycles. The molecule has 28 heavy (non-hydrogen) atoms. The van der Waals surface area contributed by atoms with Gasteiger partial charge in [0.1, 0.15) is 11.9 Å². The fraction of sp³-hybridized carbons (Fsp3) is 0.913. The maximum Gasteiger partial charge on any atom is 0.141 e. The van der Waals surface area contributed by atoms with E-state index in [0.717, 1.165) is 76.6 Å². The van der Waals surface area contributed by atoms with Gasteiger partial charge >= 0.3 is 0 Å². The van der Waals surface area contributed by atoms with Gasteiger partial charge in [-0.15, -0.1) is 0 Å². The summed E-state index contributed by atoms with van der Waals surface area (Å²) in [5, 5.41) is 19.0. The molecule has 0 radical (unpaired) electrons. The molecule has 5 nitrogen and oxygen atoms in total. The van der Waals surface area contributed by atoms with Crippen molar-refractivity contribution in [1.82, 2.24) is 5.32 Å². The number of hydrogen-bond acceptors (Lipinski definition) is 5. The smallest absolute Gasteiger partial charge is 0.141 e. The first kappa shape index (κ1) is 19.0. The van der Waals surface area contributed by atoms with E-state index in [1.807, 2.05) is 0 Å². The molecule has 8 atom stereocenters. The minimum atomic E-state index is -0.275. The molecule has 1 saturated heterocycles. The zero-order chi connectivity index (χ0) is 19.5. The lowest BCUT2D eigenvalue weighted by atomic mass is 9.44. The number of rotatable bonds is 2. The number of oxime groups is 1. The molecule has 0 bridgehead atoms. The Labute approximate surface area is 168 Å². The summed E-state index contributed by atoms with van der Waals surface area (Å²) in [5.41, 5.74) is 1.20. The minimum absolute atomic E-state index is 0.117. The molecule has 5 heteroatoms. The number of nitrogens with one attached hydrogen (secondary N) is 1. The van der Waals surface area contributed by atoms with Gasteiger partial charge in [-0.2, -0.15) is 0 Å². The minimum Gasteiger partial charge on any atom is -0.393 e. The van der Waals surface area contributed by atoms with E-state index in [4.69, 9.17) is 4.84 Å². The summed E-state index contributed by atoms with van der Waals surface area (Å²) in [5.74, 6) is 2.41. The van der Waals surface area contributed by atoms with Crippen molar-refractivity contribution in [2.45, 2.75) is 83.8 Å². The molecule has 0 amide bonds. The summed E-state index contributed by atoms with van der Waals surface area (Å²) in [4.78, 5) is 18.4. The SMILES string of the molecule is C[C@]12CC/C(=N\O[C@@H]3CCNC3)CC1[C@H](O)C[C@@H]1[C@@H]2CC[C@]2(C)C(=O)CC[C@@H]12. The van der Waals surface area contributed by atoms with Gasteiger partial charge in [-0.25, -0.2) is 0 Å². The molecule has 5 aliphatic rings. The Balaban J connectivity index is 1.34. The average Bonchev–Trinajstić information content (AvgIpc) is 3.29. The first-order valence-electron chi connectivity index (χ1n) is 11.6. The molecule has 0 spiro atoms. The van der Waals surface area contributed by atoms with Gasteiger partial charge in [0.2, 0.25) is 0 Å². The highest BCUT2D eigenvalue weighted by Gasteiger charge is 2.61. The first-order chi connectivity index (χ1) is 13.4. The molecule has 0 aromatic rings. The third-order valence-electron chi connectivity index (χ3n) is 9.57. The van der Waals surface area contributed by atoms with Crippen LogP contribution in [0.5, 0.6) is 0 Å². The van der Waals surface area contributed by atoms with E-state index in [9.17, 15) is 9.90 Å². The highest BCUT2D eigenvalue weighted by Crippen LogP contribution is 2.65. The van der Waals surface area contributed by atoms with Gasteiger partial charge in [0, 0.05) is 24.8 Å². The maximum atomic E-state index is 12.6. The Morgan fingerprint density at radius 1 is 1.11 bits per heavy atom. The van der Waals surface area contributed by atoms with Crippen molar-refractivity contribution < 1.29 is 14.7 Å². The van der Waals surface area contributed by atoms with E-state index in [1.165, 1.54) is 0 Å². The van der Waals surface area contributed by atoms with E-state index in [2.05, 4.69) is 24.3 Å². The Morgan fingerprint density at radius 2 is 1.96 bits per heavy atom. The zero-order valence-electron chi connectivity index (χ0n) is 17.5. The predicted molar refractivity (Wildman–Crippen MR) is 108 cm³/mol. The number of aliphatic hydroxyl groups excluding tert-OH is 1. The van der Waals surface area contributed by atoms with Gasteiger partial charge in [0.05, 0.1) is 11.8 Å². The standard InChI is InChI=1S/C23H36N2O3/c1-22-8-5-14(25-28-15-7-10-24-13-15)11-19(22)20(26)12-16-17-3-4-21(27)23(17,2)9-6-18(16)22/h15-20,24,26H,3-13H2,1-2H3/b25-14+/t15-,16+,17+,18+,19?,20-,22-,23+/m1/s1. The lowest BCUT2D eigenvalue weighted by Gasteiger charge is -2.60. The number of Topliss-reactive ketones (excluding diaryl/α,β-unsaturated/α-hetero) is 1. The summed E-state index contributed by atoms with van der Waals surface area (Å²) in [6.45, 7) is 6.55. The largest absolute Gasteiger partial charge is 0.393 e. The van der Waals surface area contributed by atoms with E-state index in [0.29, 0.717) is 23.5 Å². The normalized spacial score (nSPS) is 52.2. The van der Waals surface area contributed by atoms with Crippen LogP contribution in [0.1, 0.15) is 71.6 Å². The van der Waals surface area contributed by atoms with Gasteiger partial charge in [0.25, 0.3) is 0 Å².